The van der Waals surface area contributed by atoms with Gasteiger partial charge in [0, 0.05) is 0 Å². The molecule has 1 heterocycles. The number of anilines is 2. The molecule has 0 aliphatic carbocycles. The van der Waals surface area contributed by atoms with Crippen molar-refractivity contribution in [3.05, 3.63) is 5.69 Å². The molecule has 0 atom stereocenters. The third-order valence-corrected chi connectivity index (χ3v) is 1.41. The monoisotopic (exact) mass is 140 g/mol. The molecular weight excluding hydrogens is 128 g/mol. The molecule has 0 aliphatic heterocycles. The van der Waals surface area contributed by atoms with Gasteiger partial charge in [-0.1, -0.05) is 13.3 Å². The normalized spacial score (nSPS) is 10.1. The molecule has 5 N–H and O–H groups in total. The summed E-state index contributed by atoms with van der Waals surface area (Å²) < 4.78 is 0. The van der Waals surface area contributed by atoms with Crippen LogP contribution in [0.4, 0.5) is 11.5 Å². The smallest absolute Gasteiger partial charge is 0.168 e. The minimum atomic E-state index is 0.406. The fraction of sp³-hybridized carbons (Fsp3) is 0.500. The highest BCUT2D eigenvalue weighted by Crippen LogP contribution is 2.16. The van der Waals surface area contributed by atoms with Gasteiger partial charge in [0.25, 0.3) is 0 Å². The van der Waals surface area contributed by atoms with Crippen molar-refractivity contribution in [2.45, 2.75) is 19.8 Å². The quantitative estimate of drug-likeness (QED) is 0.560. The molecule has 0 unspecified atom stereocenters. The van der Waals surface area contributed by atoms with Gasteiger partial charge in [0.2, 0.25) is 0 Å². The van der Waals surface area contributed by atoms with E-state index in [2.05, 4.69) is 17.1 Å². The first kappa shape index (κ1) is 6.92. The van der Waals surface area contributed by atoms with Gasteiger partial charge in [-0.2, -0.15) is 5.10 Å². The number of nitrogens with two attached hydrogens (primary N) is 2. The Hall–Kier alpha value is -1.19. The van der Waals surface area contributed by atoms with Crippen LogP contribution in [0.2, 0.25) is 0 Å². The average Bonchev–Trinajstić information content (AvgIpc) is 2.20. The van der Waals surface area contributed by atoms with Crippen molar-refractivity contribution in [2.24, 2.45) is 0 Å². The molecule has 56 valence electrons. The Balaban J connectivity index is 2.83. The van der Waals surface area contributed by atoms with E-state index >= 15 is 0 Å². The van der Waals surface area contributed by atoms with E-state index in [-0.39, 0.29) is 0 Å². The number of rotatable bonds is 2. The van der Waals surface area contributed by atoms with Crippen LogP contribution >= 0.6 is 0 Å². The zero-order valence-electron chi connectivity index (χ0n) is 6.02. The summed E-state index contributed by atoms with van der Waals surface area (Å²) in [7, 11) is 0. The number of aromatic nitrogens is 2. The molecule has 10 heavy (non-hydrogen) atoms. The fourth-order valence-electron chi connectivity index (χ4n) is 0.843. The van der Waals surface area contributed by atoms with Crippen molar-refractivity contribution in [2.75, 3.05) is 11.5 Å². The predicted molar refractivity (Wildman–Crippen MR) is 41.4 cm³/mol. The highest BCUT2D eigenvalue weighted by Gasteiger charge is 2.03. The third kappa shape index (κ3) is 1.05. The zero-order valence-corrected chi connectivity index (χ0v) is 6.02. The van der Waals surface area contributed by atoms with E-state index in [1.54, 1.807) is 0 Å². The maximum atomic E-state index is 5.57. The summed E-state index contributed by atoms with van der Waals surface area (Å²) in [6.45, 7) is 2.08. The lowest BCUT2D eigenvalue weighted by Crippen LogP contribution is -1.94. The highest BCUT2D eigenvalue weighted by atomic mass is 15.2. The molecule has 0 saturated heterocycles. The van der Waals surface area contributed by atoms with Crippen molar-refractivity contribution in [3.63, 3.8) is 0 Å². The Kier molecular flexibility index (Phi) is 1.80. The van der Waals surface area contributed by atoms with Gasteiger partial charge < -0.3 is 11.5 Å². The summed E-state index contributed by atoms with van der Waals surface area (Å²) in [6.07, 6.45) is 1.96. The van der Waals surface area contributed by atoms with Crippen LogP contribution in [0.25, 0.3) is 0 Å². The standard InChI is InChI=1S/C6H12N4/c1-2-3-4-5(7)6(8)10-9-4/h2-3,7H2,1H3,(H3,8,9,10). The topological polar surface area (TPSA) is 80.7 Å². The lowest BCUT2D eigenvalue weighted by atomic mass is 10.2. The van der Waals surface area contributed by atoms with Gasteiger partial charge in [0.1, 0.15) is 0 Å². The van der Waals surface area contributed by atoms with Crippen molar-refractivity contribution >= 4 is 11.5 Å². The Bertz CT molecular complexity index is 216. The molecule has 0 aliphatic rings. The second kappa shape index (κ2) is 2.60. The summed E-state index contributed by atoms with van der Waals surface area (Å²) in [4.78, 5) is 0. The van der Waals surface area contributed by atoms with Crippen molar-refractivity contribution in [3.8, 4) is 0 Å². The van der Waals surface area contributed by atoms with Crippen molar-refractivity contribution < 1.29 is 0 Å². The molecule has 0 saturated carbocycles. The Morgan fingerprint density at radius 2 is 2.20 bits per heavy atom. The van der Waals surface area contributed by atoms with Crippen LogP contribution in [0.1, 0.15) is 19.0 Å². The van der Waals surface area contributed by atoms with Crippen LogP contribution in [0, 0.1) is 0 Å². The number of nitrogen functional groups attached to an aromatic ring is 2. The van der Waals surface area contributed by atoms with E-state index in [0.29, 0.717) is 11.5 Å². The first-order valence-corrected chi connectivity index (χ1v) is 3.34. The average molecular weight is 140 g/mol. The summed E-state index contributed by atoms with van der Waals surface area (Å²) in [6, 6.07) is 0. The van der Waals surface area contributed by atoms with E-state index < -0.39 is 0 Å². The van der Waals surface area contributed by atoms with Gasteiger partial charge in [-0.25, -0.2) is 0 Å². The number of nitrogens with zero attached hydrogens (tertiary/aromatic N) is 1. The molecule has 0 aromatic carbocycles. The molecule has 1 aromatic rings. The molecule has 0 spiro atoms. The van der Waals surface area contributed by atoms with Crippen LogP contribution < -0.4 is 11.5 Å². The SMILES string of the molecule is CCCc1[nH]nc(N)c1N. The summed E-state index contributed by atoms with van der Waals surface area (Å²) >= 11 is 0. The highest BCUT2D eigenvalue weighted by molar-refractivity contribution is 5.61. The van der Waals surface area contributed by atoms with E-state index in [1.165, 1.54) is 0 Å². The van der Waals surface area contributed by atoms with Crippen molar-refractivity contribution in [1.82, 2.24) is 10.2 Å². The fourth-order valence-corrected chi connectivity index (χ4v) is 0.843. The van der Waals surface area contributed by atoms with Crippen LogP contribution in [0.15, 0.2) is 0 Å². The molecule has 4 heteroatoms. The molecule has 0 amide bonds. The van der Waals surface area contributed by atoms with Gasteiger partial charge in [-0.05, 0) is 6.42 Å². The number of nitrogens with one attached hydrogen (secondary N) is 1. The summed E-state index contributed by atoms with van der Waals surface area (Å²) in [5.41, 5.74) is 12.5. The molecule has 4 nitrogen and oxygen atoms in total. The summed E-state index contributed by atoms with van der Waals surface area (Å²) in [5.74, 6) is 0.406. The van der Waals surface area contributed by atoms with Gasteiger partial charge in [-0.15, -0.1) is 0 Å². The second-order valence-electron chi connectivity index (χ2n) is 2.25. The first-order chi connectivity index (χ1) is 4.75. The van der Waals surface area contributed by atoms with E-state index in [9.17, 15) is 0 Å². The van der Waals surface area contributed by atoms with Crippen LogP contribution in [0.5, 0.6) is 0 Å². The number of aryl methyl sites for hydroxylation is 1. The lowest BCUT2D eigenvalue weighted by molar-refractivity contribution is 0.869. The maximum Gasteiger partial charge on any atom is 0.168 e. The molecule has 1 aromatic heterocycles. The summed E-state index contributed by atoms with van der Waals surface area (Å²) in [5, 5.41) is 6.54. The minimum Gasteiger partial charge on any atom is -0.394 e. The molecule has 0 bridgehead atoms. The van der Waals surface area contributed by atoms with Crippen LogP contribution in [-0.4, -0.2) is 10.2 Å². The Morgan fingerprint density at radius 3 is 2.60 bits per heavy atom. The first-order valence-electron chi connectivity index (χ1n) is 3.34. The van der Waals surface area contributed by atoms with E-state index in [4.69, 9.17) is 11.5 Å². The number of hydrogen-bond donors (Lipinski definition) is 3. The maximum absolute atomic E-state index is 5.57. The molecule has 1 rings (SSSR count). The van der Waals surface area contributed by atoms with Crippen LogP contribution in [0.3, 0.4) is 0 Å². The minimum absolute atomic E-state index is 0.406. The number of H-pyrrole nitrogens is 1. The second-order valence-corrected chi connectivity index (χ2v) is 2.25. The Morgan fingerprint density at radius 1 is 1.50 bits per heavy atom. The van der Waals surface area contributed by atoms with Crippen molar-refractivity contribution in [1.29, 1.82) is 0 Å². The lowest BCUT2D eigenvalue weighted by Gasteiger charge is -1.93. The van der Waals surface area contributed by atoms with E-state index in [1.807, 2.05) is 0 Å². The predicted octanol–water partition coefficient (Wildman–Crippen LogP) is 0.527. The molecule has 0 radical (unpaired) electrons. The zero-order chi connectivity index (χ0) is 7.56. The number of hydrogen-bond acceptors (Lipinski definition) is 3. The van der Waals surface area contributed by atoms with Gasteiger partial charge >= 0.3 is 0 Å². The Labute approximate surface area is 59.6 Å². The number of aromatic amines is 1. The van der Waals surface area contributed by atoms with Crippen LogP contribution in [-0.2, 0) is 6.42 Å². The largest absolute Gasteiger partial charge is 0.394 e. The van der Waals surface area contributed by atoms with Gasteiger partial charge in [0.15, 0.2) is 5.82 Å². The van der Waals surface area contributed by atoms with Gasteiger partial charge in [0.05, 0.1) is 11.4 Å². The third-order valence-electron chi connectivity index (χ3n) is 1.41. The van der Waals surface area contributed by atoms with Gasteiger partial charge in [-0.3, -0.25) is 5.10 Å². The van der Waals surface area contributed by atoms with E-state index in [0.717, 1.165) is 18.5 Å². The molecule has 0 fully saturated rings. The molecular formula is C6H12N4.